The third kappa shape index (κ3) is 5.55. The molecule has 0 bridgehead atoms. The van der Waals surface area contributed by atoms with Crippen LogP contribution in [0.2, 0.25) is 0 Å². The Balaban J connectivity index is 2.59. The van der Waals surface area contributed by atoms with Crippen LogP contribution in [0.1, 0.15) is 35.0 Å². The van der Waals surface area contributed by atoms with Gasteiger partial charge in [0.05, 0.1) is 16.7 Å². The maximum Gasteiger partial charge on any atom is 0.326 e. The highest BCUT2D eigenvalue weighted by atomic mass is 32.2. The van der Waals surface area contributed by atoms with E-state index in [2.05, 4.69) is 15.6 Å². The first-order valence-electron chi connectivity index (χ1n) is 6.57. The Bertz CT molecular complexity index is 505. The summed E-state index contributed by atoms with van der Waals surface area (Å²) >= 11 is 3.08. The molecule has 0 radical (unpaired) electrons. The van der Waals surface area contributed by atoms with Crippen LogP contribution in [-0.4, -0.2) is 40.1 Å². The molecule has 0 spiro atoms. The average molecular weight is 331 g/mol. The summed E-state index contributed by atoms with van der Waals surface area (Å²) in [6.45, 7) is 5.67. The second-order valence-electron chi connectivity index (χ2n) is 4.69. The molecule has 21 heavy (non-hydrogen) atoms. The van der Waals surface area contributed by atoms with Gasteiger partial charge in [-0.15, -0.1) is 11.3 Å². The smallest absolute Gasteiger partial charge is 0.326 e. The molecule has 1 aromatic heterocycles. The highest BCUT2D eigenvalue weighted by Crippen LogP contribution is 2.24. The van der Waals surface area contributed by atoms with E-state index >= 15 is 0 Å². The predicted octanol–water partition coefficient (Wildman–Crippen LogP) is 2.33. The van der Waals surface area contributed by atoms with Crippen LogP contribution in [0.25, 0.3) is 0 Å². The quantitative estimate of drug-likeness (QED) is 0.713. The van der Waals surface area contributed by atoms with Crippen molar-refractivity contribution in [2.75, 3.05) is 12.0 Å². The third-order valence-electron chi connectivity index (χ3n) is 2.89. The van der Waals surface area contributed by atoms with E-state index < -0.39 is 18.0 Å². The molecular weight excluding hydrogens is 310 g/mol. The topological polar surface area (TPSA) is 91.3 Å². The lowest BCUT2D eigenvalue weighted by atomic mass is 10.2. The molecule has 0 fully saturated rings. The number of carbonyl (C=O) groups excluding carboxylic acids is 1. The summed E-state index contributed by atoms with van der Waals surface area (Å²) in [7, 11) is 0. The Hall–Kier alpha value is -1.28. The van der Waals surface area contributed by atoms with E-state index in [9.17, 15) is 9.59 Å². The van der Waals surface area contributed by atoms with Crippen molar-refractivity contribution >= 4 is 35.1 Å². The van der Waals surface area contributed by atoms with Crippen molar-refractivity contribution in [3.8, 4) is 0 Å². The number of thioether (sulfide) groups is 1. The number of nitrogens with one attached hydrogen (secondary N) is 2. The highest BCUT2D eigenvalue weighted by molar-refractivity contribution is 7.98. The van der Waals surface area contributed by atoms with E-state index in [4.69, 9.17) is 5.11 Å². The van der Waals surface area contributed by atoms with Gasteiger partial charge < -0.3 is 15.7 Å². The van der Waals surface area contributed by atoms with E-state index in [0.717, 1.165) is 15.6 Å². The van der Waals surface area contributed by atoms with Crippen LogP contribution >= 0.6 is 23.1 Å². The summed E-state index contributed by atoms with van der Waals surface area (Å²) < 4.78 is 0. The van der Waals surface area contributed by atoms with Crippen LogP contribution in [0.4, 0.5) is 4.79 Å². The molecule has 1 rings (SSSR count). The minimum Gasteiger partial charge on any atom is -0.480 e. The molecule has 1 aromatic rings. The molecule has 0 aliphatic rings. The number of nitrogens with zero attached hydrogens (tertiary/aromatic N) is 1. The molecule has 0 aliphatic heterocycles. The van der Waals surface area contributed by atoms with E-state index in [1.165, 1.54) is 11.3 Å². The van der Waals surface area contributed by atoms with Crippen LogP contribution < -0.4 is 10.6 Å². The zero-order valence-corrected chi connectivity index (χ0v) is 14.2. The fourth-order valence-corrected chi connectivity index (χ4v) is 3.31. The first-order chi connectivity index (χ1) is 9.85. The Morgan fingerprint density at radius 2 is 2.05 bits per heavy atom. The summed E-state index contributed by atoms with van der Waals surface area (Å²) in [4.78, 5) is 28.3. The first kappa shape index (κ1) is 17.8. The number of aryl methyl sites for hydroxylation is 2. The molecule has 0 saturated carbocycles. The number of aromatic nitrogens is 1. The van der Waals surface area contributed by atoms with Crippen LogP contribution in [0.5, 0.6) is 0 Å². The van der Waals surface area contributed by atoms with Gasteiger partial charge in [0.15, 0.2) is 0 Å². The largest absolute Gasteiger partial charge is 0.480 e. The number of carbonyl (C=O) groups is 2. The maximum atomic E-state index is 11.9. The van der Waals surface area contributed by atoms with Crippen LogP contribution in [-0.2, 0) is 4.79 Å². The fraction of sp³-hybridized carbons (Fsp3) is 0.615. The summed E-state index contributed by atoms with van der Waals surface area (Å²) in [5.41, 5.74) is 0.891. The van der Waals surface area contributed by atoms with Gasteiger partial charge in [-0.1, -0.05) is 0 Å². The molecule has 0 aromatic carbocycles. The Kier molecular flexibility index (Phi) is 6.97. The van der Waals surface area contributed by atoms with Crippen LogP contribution in [0.15, 0.2) is 0 Å². The minimum absolute atomic E-state index is 0.203. The normalized spacial score (nSPS) is 13.5. The lowest BCUT2D eigenvalue weighted by Crippen LogP contribution is -2.46. The molecule has 1 heterocycles. The molecule has 2 amide bonds. The highest BCUT2D eigenvalue weighted by Gasteiger charge is 2.21. The number of hydrogen-bond donors (Lipinski definition) is 3. The molecule has 6 nitrogen and oxygen atoms in total. The van der Waals surface area contributed by atoms with Crippen molar-refractivity contribution in [1.82, 2.24) is 15.6 Å². The molecule has 0 aliphatic carbocycles. The summed E-state index contributed by atoms with van der Waals surface area (Å²) in [5.74, 6) is -0.336. The SMILES string of the molecule is CSCCC(NC(=O)NC(C)c1sc(C)nc1C)C(=O)O. The number of carboxylic acids is 1. The van der Waals surface area contributed by atoms with Crippen molar-refractivity contribution < 1.29 is 14.7 Å². The number of amides is 2. The Morgan fingerprint density at radius 1 is 1.38 bits per heavy atom. The Labute approximate surface area is 132 Å². The standard InChI is InChI=1S/C13H21N3O3S2/c1-7-11(21-9(3)14-7)8(2)15-13(19)16-10(12(17)18)5-6-20-4/h8,10H,5-6H2,1-4H3,(H,17,18)(H2,15,16,19). The van der Waals surface area contributed by atoms with Gasteiger partial charge in [-0.05, 0) is 39.2 Å². The zero-order chi connectivity index (χ0) is 16.0. The molecular formula is C13H21N3O3S2. The van der Waals surface area contributed by atoms with Gasteiger partial charge in [-0.25, -0.2) is 14.6 Å². The van der Waals surface area contributed by atoms with Gasteiger partial charge in [0.2, 0.25) is 0 Å². The molecule has 3 N–H and O–H groups in total. The summed E-state index contributed by atoms with van der Waals surface area (Å²) in [5, 5.41) is 15.3. The van der Waals surface area contributed by atoms with Gasteiger partial charge in [-0.3, -0.25) is 0 Å². The lowest BCUT2D eigenvalue weighted by molar-refractivity contribution is -0.139. The maximum absolute atomic E-state index is 11.9. The molecule has 0 saturated heterocycles. The van der Waals surface area contributed by atoms with Gasteiger partial charge in [0.25, 0.3) is 0 Å². The average Bonchev–Trinajstić information content (AvgIpc) is 2.73. The molecule has 2 unspecified atom stereocenters. The zero-order valence-electron chi connectivity index (χ0n) is 12.6. The Morgan fingerprint density at radius 3 is 2.52 bits per heavy atom. The van der Waals surface area contributed by atoms with Crippen molar-refractivity contribution in [3.63, 3.8) is 0 Å². The summed E-state index contributed by atoms with van der Waals surface area (Å²) in [6.07, 6.45) is 2.30. The molecule has 118 valence electrons. The lowest BCUT2D eigenvalue weighted by Gasteiger charge is -2.17. The number of rotatable bonds is 7. The van der Waals surface area contributed by atoms with E-state index in [1.807, 2.05) is 27.0 Å². The van der Waals surface area contributed by atoms with E-state index in [0.29, 0.717) is 12.2 Å². The van der Waals surface area contributed by atoms with Crippen molar-refractivity contribution in [2.24, 2.45) is 0 Å². The van der Waals surface area contributed by atoms with E-state index in [1.54, 1.807) is 11.8 Å². The molecule has 2 atom stereocenters. The van der Waals surface area contributed by atoms with Crippen molar-refractivity contribution in [1.29, 1.82) is 0 Å². The minimum atomic E-state index is -1.02. The number of aliphatic carboxylic acids is 1. The monoisotopic (exact) mass is 331 g/mol. The van der Waals surface area contributed by atoms with Crippen molar-refractivity contribution in [2.45, 2.75) is 39.3 Å². The summed E-state index contributed by atoms with van der Waals surface area (Å²) in [6, 6.07) is -1.54. The number of carboxylic acid groups (broad SMARTS) is 1. The van der Waals surface area contributed by atoms with Gasteiger partial charge in [-0.2, -0.15) is 11.8 Å². The second kappa shape index (κ2) is 8.23. The first-order valence-corrected chi connectivity index (χ1v) is 8.78. The predicted molar refractivity (Wildman–Crippen MR) is 86.1 cm³/mol. The number of hydrogen-bond acceptors (Lipinski definition) is 5. The van der Waals surface area contributed by atoms with Crippen LogP contribution in [0.3, 0.4) is 0 Å². The second-order valence-corrected chi connectivity index (χ2v) is 6.91. The number of thiazole rings is 1. The van der Waals surface area contributed by atoms with Gasteiger partial charge in [0.1, 0.15) is 6.04 Å². The van der Waals surface area contributed by atoms with E-state index in [-0.39, 0.29) is 6.04 Å². The van der Waals surface area contributed by atoms with Gasteiger partial charge >= 0.3 is 12.0 Å². The fourth-order valence-electron chi connectivity index (χ4n) is 1.90. The van der Waals surface area contributed by atoms with Crippen LogP contribution in [0, 0.1) is 13.8 Å². The molecule has 8 heteroatoms. The number of urea groups is 1. The third-order valence-corrected chi connectivity index (χ3v) is 4.79. The van der Waals surface area contributed by atoms with Gasteiger partial charge in [0, 0.05) is 4.88 Å². The van der Waals surface area contributed by atoms with Crippen molar-refractivity contribution in [3.05, 3.63) is 15.6 Å².